The molecular formula is C19H21N7. The van der Waals surface area contributed by atoms with Gasteiger partial charge in [-0.05, 0) is 19.4 Å². The number of nitrogens with zero attached hydrogens (tertiary/aromatic N) is 6. The fraction of sp³-hybridized carbons (Fsp3) is 0.263. The quantitative estimate of drug-likeness (QED) is 0.691. The molecule has 0 fully saturated rings. The van der Waals surface area contributed by atoms with Crippen LogP contribution in [0.2, 0.25) is 0 Å². The second-order valence-electron chi connectivity index (χ2n) is 6.03. The molecule has 0 radical (unpaired) electrons. The first-order valence-corrected chi connectivity index (χ1v) is 8.46. The highest BCUT2D eigenvalue weighted by Crippen LogP contribution is 2.32. The number of nitrogen functional groups attached to an aromatic ring is 1. The molecule has 3 aromatic heterocycles. The van der Waals surface area contributed by atoms with Crippen molar-refractivity contribution in [2.24, 2.45) is 0 Å². The average molecular weight is 347 g/mol. The molecule has 0 unspecified atom stereocenters. The molecule has 3 heterocycles. The smallest absolute Gasteiger partial charge is 0.142 e. The molecule has 0 aliphatic carbocycles. The van der Waals surface area contributed by atoms with Gasteiger partial charge in [0, 0.05) is 35.1 Å². The summed E-state index contributed by atoms with van der Waals surface area (Å²) in [5.41, 5.74) is 10.6. The summed E-state index contributed by atoms with van der Waals surface area (Å²) >= 11 is 0. The predicted octanol–water partition coefficient (Wildman–Crippen LogP) is 3.17. The number of nitriles is 1. The largest absolute Gasteiger partial charge is 0.383 e. The molecule has 0 spiro atoms. The van der Waals surface area contributed by atoms with E-state index in [-0.39, 0.29) is 5.82 Å². The van der Waals surface area contributed by atoms with Gasteiger partial charge in [0.05, 0.1) is 24.6 Å². The summed E-state index contributed by atoms with van der Waals surface area (Å²) < 4.78 is 3.71. The first kappa shape index (κ1) is 17.4. The van der Waals surface area contributed by atoms with Crippen molar-refractivity contribution in [3.8, 4) is 28.5 Å². The van der Waals surface area contributed by atoms with Crippen molar-refractivity contribution in [2.75, 3.05) is 5.73 Å². The van der Waals surface area contributed by atoms with Gasteiger partial charge < -0.3 is 5.73 Å². The summed E-state index contributed by atoms with van der Waals surface area (Å²) in [5, 5.41) is 18.3. The third kappa shape index (κ3) is 3.09. The Morgan fingerprint density at radius 3 is 2.81 bits per heavy atom. The first-order valence-electron chi connectivity index (χ1n) is 8.46. The van der Waals surface area contributed by atoms with E-state index in [1.165, 1.54) is 0 Å². The van der Waals surface area contributed by atoms with E-state index in [0.717, 1.165) is 29.8 Å². The van der Waals surface area contributed by atoms with Crippen LogP contribution in [0.3, 0.4) is 0 Å². The normalized spacial score (nSPS) is 10.7. The van der Waals surface area contributed by atoms with Gasteiger partial charge in [-0.25, -0.2) is 4.98 Å². The number of rotatable bonds is 6. The van der Waals surface area contributed by atoms with Crippen LogP contribution in [0.25, 0.3) is 22.4 Å². The number of hydrogen-bond donors (Lipinski definition) is 1. The Balaban J connectivity index is 2.13. The summed E-state index contributed by atoms with van der Waals surface area (Å²) in [6.07, 6.45) is 8.15. The summed E-state index contributed by atoms with van der Waals surface area (Å²) in [6, 6.07) is 4.04. The van der Waals surface area contributed by atoms with Gasteiger partial charge in [-0.15, -0.1) is 6.58 Å². The van der Waals surface area contributed by atoms with E-state index in [2.05, 4.69) is 34.8 Å². The van der Waals surface area contributed by atoms with Gasteiger partial charge in [-0.1, -0.05) is 13.0 Å². The minimum atomic E-state index is 0.208. The van der Waals surface area contributed by atoms with Crippen molar-refractivity contribution in [3.63, 3.8) is 0 Å². The van der Waals surface area contributed by atoms with Crippen LogP contribution in [-0.4, -0.2) is 24.5 Å². The zero-order valence-electron chi connectivity index (χ0n) is 15.0. The van der Waals surface area contributed by atoms with Crippen molar-refractivity contribution in [3.05, 3.63) is 48.6 Å². The van der Waals surface area contributed by atoms with E-state index in [4.69, 9.17) is 5.73 Å². The van der Waals surface area contributed by atoms with Crippen molar-refractivity contribution >= 4 is 5.82 Å². The number of aryl methyl sites for hydroxylation is 1. The lowest BCUT2D eigenvalue weighted by Crippen LogP contribution is -2.02. The Bertz CT molecular complexity index is 988. The minimum absolute atomic E-state index is 0.208. The predicted molar refractivity (Wildman–Crippen MR) is 101 cm³/mol. The van der Waals surface area contributed by atoms with Gasteiger partial charge in [0.25, 0.3) is 0 Å². The summed E-state index contributed by atoms with van der Waals surface area (Å²) in [5.74, 6) is 0.208. The number of pyridine rings is 1. The van der Waals surface area contributed by atoms with Crippen molar-refractivity contribution in [2.45, 2.75) is 33.4 Å². The highest BCUT2D eigenvalue weighted by molar-refractivity contribution is 5.79. The number of anilines is 1. The molecule has 26 heavy (non-hydrogen) atoms. The first-order chi connectivity index (χ1) is 12.6. The van der Waals surface area contributed by atoms with Crippen LogP contribution in [0, 0.1) is 18.3 Å². The molecule has 0 atom stereocenters. The molecule has 7 heteroatoms. The highest BCUT2D eigenvalue weighted by atomic mass is 15.3. The molecule has 0 aromatic carbocycles. The maximum atomic E-state index is 9.53. The molecule has 2 N–H and O–H groups in total. The molecule has 3 aromatic rings. The zero-order valence-corrected chi connectivity index (χ0v) is 15.0. The van der Waals surface area contributed by atoms with Gasteiger partial charge in [-0.2, -0.15) is 15.5 Å². The number of nitrogens with two attached hydrogens (primary N) is 1. The lowest BCUT2D eigenvalue weighted by Gasteiger charge is -2.09. The van der Waals surface area contributed by atoms with E-state index in [9.17, 15) is 5.26 Å². The molecule has 3 rings (SSSR count). The van der Waals surface area contributed by atoms with Crippen molar-refractivity contribution in [1.82, 2.24) is 24.5 Å². The molecular weight excluding hydrogens is 326 g/mol. The Morgan fingerprint density at radius 2 is 2.12 bits per heavy atom. The van der Waals surface area contributed by atoms with Crippen molar-refractivity contribution < 1.29 is 0 Å². The van der Waals surface area contributed by atoms with Gasteiger partial charge in [-0.3, -0.25) is 9.36 Å². The number of allylic oxidation sites excluding steroid dienone is 1. The van der Waals surface area contributed by atoms with E-state index >= 15 is 0 Å². The SMILES string of the molecule is C=CCn1cc(-c2cc(-c3cnn(CCC)c3C)nc(N)c2C#N)cn1. The fourth-order valence-corrected chi connectivity index (χ4v) is 2.92. The Labute approximate surface area is 152 Å². The molecule has 0 saturated heterocycles. The lowest BCUT2D eigenvalue weighted by molar-refractivity contribution is 0.587. The minimum Gasteiger partial charge on any atom is -0.383 e. The molecule has 132 valence electrons. The topological polar surface area (TPSA) is 98.3 Å². The summed E-state index contributed by atoms with van der Waals surface area (Å²) in [7, 11) is 0. The van der Waals surface area contributed by atoms with Gasteiger partial charge in [0.1, 0.15) is 17.5 Å². The summed E-state index contributed by atoms with van der Waals surface area (Å²) in [4.78, 5) is 4.44. The monoisotopic (exact) mass is 347 g/mol. The second kappa shape index (κ2) is 7.23. The van der Waals surface area contributed by atoms with Gasteiger partial charge in [0.2, 0.25) is 0 Å². The van der Waals surface area contributed by atoms with Crippen LogP contribution in [-0.2, 0) is 13.1 Å². The number of aromatic nitrogens is 5. The van der Waals surface area contributed by atoms with Crippen LogP contribution in [0.15, 0.2) is 37.3 Å². The van der Waals surface area contributed by atoms with Crippen LogP contribution in [0.1, 0.15) is 24.6 Å². The lowest BCUT2D eigenvalue weighted by atomic mass is 10.0. The molecule has 0 bridgehead atoms. The van der Waals surface area contributed by atoms with E-state index in [1.807, 2.05) is 23.9 Å². The molecule has 0 saturated carbocycles. The van der Waals surface area contributed by atoms with E-state index in [0.29, 0.717) is 23.4 Å². The standard InChI is InChI=1S/C19H21N7/c1-4-6-25-12-14(10-22-25)15-8-18(24-19(21)16(15)9-20)17-11-23-26(7-5-2)13(17)3/h4,8,10-12H,1,5-7H2,2-3H3,(H2,21,24). The van der Waals surface area contributed by atoms with Crippen LogP contribution < -0.4 is 5.73 Å². The Hall–Kier alpha value is -3.40. The van der Waals surface area contributed by atoms with Crippen molar-refractivity contribution in [1.29, 1.82) is 5.26 Å². The third-order valence-electron chi connectivity index (χ3n) is 4.23. The zero-order chi connectivity index (χ0) is 18.7. The Morgan fingerprint density at radius 1 is 1.31 bits per heavy atom. The molecule has 0 aliphatic heterocycles. The maximum Gasteiger partial charge on any atom is 0.142 e. The molecule has 7 nitrogen and oxygen atoms in total. The Kier molecular flexibility index (Phi) is 4.85. The molecule has 0 amide bonds. The van der Waals surface area contributed by atoms with E-state index in [1.54, 1.807) is 23.2 Å². The summed E-state index contributed by atoms with van der Waals surface area (Å²) in [6.45, 7) is 9.27. The van der Waals surface area contributed by atoms with Gasteiger partial charge in [0.15, 0.2) is 0 Å². The highest BCUT2D eigenvalue weighted by Gasteiger charge is 2.17. The van der Waals surface area contributed by atoms with E-state index < -0.39 is 0 Å². The van der Waals surface area contributed by atoms with Gasteiger partial charge >= 0.3 is 0 Å². The van der Waals surface area contributed by atoms with Crippen LogP contribution in [0.4, 0.5) is 5.82 Å². The third-order valence-corrected chi connectivity index (χ3v) is 4.23. The van der Waals surface area contributed by atoms with Crippen LogP contribution >= 0.6 is 0 Å². The van der Waals surface area contributed by atoms with Crippen LogP contribution in [0.5, 0.6) is 0 Å². The second-order valence-corrected chi connectivity index (χ2v) is 6.03. The fourth-order valence-electron chi connectivity index (χ4n) is 2.92. The average Bonchev–Trinajstić information content (AvgIpc) is 3.22. The molecule has 0 aliphatic rings. The maximum absolute atomic E-state index is 9.53. The number of hydrogen-bond acceptors (Lipinski definition) is 5.